The molecule has 28 heavy (non-hydrogen) atoms. The molecular weight excluding hydrogens is 385 g/mol. The highest BCUT2D eigenvalue weighted by molar-refractivity contribution is 7.88. The monoisotopic (exact) mass is 409 g/mol. The van der Waals surface area contributed by atoms with E-state index in [-0.39, 0.29) is 16.8 Å². The predicted molar refractivity (Wildman–Crippen MR) is 102 cm³/mol. The molecule has 0 bridgehead atoms. The molecule has 1 amide bonds. The van der Waals surface area contributed by atoms with E-state index in [9.17, 15) is 17.6 Å². The summed E-state index contributed by atoms with van der Waals surface area (Å²) in [6.45, 7) is 3.04. The third-order valence-electron chi connectivity index (χ3n) is 4.72. The number of halogens is 1. The highest BCUT2D eigenvalue weighted by Crippen LogP contribution is 2.19. The van der Waals surface area contributed by atoms with Crippen LogP contribution in [0.25, 0.3) is 0 Å². The molecule has 0 N–H and O–H groups in total. The van der Waals surface area contributed by atoms with Gasteiger partial charge in [0.15, 0.2) is 0 Å². The number of hydrogen-bond donors (Lipinski definition) is 0. The SMILES string of the molecule is CN(C)S(=O)(=O)c1ccc(CN2CCCN(C(=O)c3ccc(F)cc3)CC2)o1. The Labute approximate surface area is 164 Å². The summed E-state index contributed by atoms with van der Waals surface area (Å²) in [4.78, 5) is 16.5. The Kier molecular flexibility index (Phi) is 6.17. The van der Waals surface area contributed by atoms with Gasteiger partial charge >= 0.3 is 0 Å². The lowest BCUT2D eigenvalue weighted by molar-refractivity contribution is 0.0760. The average Bonchev–Trinajstić information content (AvgIpc) is 3.01. The van der Waals surface area contributed by atoms with E-state index >= 15 is 0 Å². The van der Waals surface area contributed by atoms with E-state index < -0.39 is 10.0 Å². The molecule has 0 unspecified atom stereocenters. The summed E-state index contributed by atoms with van der Waals surface area (Å²) >= 11 is 0. The van der Waals surface area contributed by atoms with Crippen LogP contribution < -0.4 is 0 Å². The standard InChI is InChI=1S/C19H24FN3O4S/c1-21(2)28(25,26)18-9-8-17(27-18)14-22-10-3-11-23(13-12-22)19(24)15-4-6-16(20)7-5-15/h4-9H,3,10-14H2,1-2H3. The number of hydrogen-bond acceptors (Lipinski definition) is 5. The van der Waals surface area contributed by atoms with Gasteiger partial charge in [0.2, 0.25) is 5.09 Å². The van der Waals surface area contributed by atoms with Crippen molar-refractivity contribution in [3.63, 3.8) is 0 Å². The van der Waals surface area contributed by atoms with Crippen molar-refractivity contribution < 1.29 is 22.0 Å². The van der Waals surface area contributed by atoms with Crippen molar-refractivity contribution in [1.82, 2.24) is 14.1 Å². The molecule has 1 fully saturated rings. The van der Waals surface area contributed by atoms with Gasteiger partial charge in [0.25, 0.3) is 15.9 Å². The molecule has 1 saturated heterocycles. The molecule has 0 aliphatic carbocycles. The maximum Gasteiger partial charge on any atom is 0.275 e. The van der Waals surface area contributed by atoms with E-state index in [1.54, 1.807) is 11.0 Å². The molecule has 7 nitrogen and oxygen atoms in total. The minimum absolute atomic E-state index is 0.0737. The summed E-state index contributed by atoms with van der Waals surface area (Å²) in [5.74, 6) is 0.0886. The molecule has 1 aliphatic heterocycles. The number of carbonyl (C=O) groups is 1. The number of furan rings is 1. The number of carbonyl (C=O) groups excluding carboxylic acids is 1. The van der Waals surface area contributed by atoms with Crippen molar-refractivity contribution >= 4 is 15.9 Å². The lowest BCUT2D eigenvalue weighted by Crippen LogP contribution is -2.35. The normalized spacial score (nSPS) is 16.4. The van der Waals surface area contributed by atoms with Crippen LogP contribution in [0.2, 0.25) is 0 Å². The summed E-state index contributed by atoms with van der Waals surface area (Å²) in [6, 6.07) is 8.70. The Balaban J connectivity index is 1.61. The van der Waals surface area contributed by atoms with Crippen LogP contribution in [-0.4, -0.2) is 68.7 Å². The van der Waals surface area contributed by atoms with Gasteiger partial charge in [0, 0.05) is 45.8 Å². The molecule has 2 aromatic rings. The molecule has 1 aromatic heterocycles. The number of benzene rings is 1. The maximum absolute atomic E-state index is 13.1. The van der Waals surface area contributed by atoms with Gasteiger partial charge in [-0.2, -0.15) is 0 Å². The molecule has 3 rings (SSSR count). The Morgan fingerprint density at radius 3 is 2.46 bits per heavy atom. The minimum Gasteiger partial charge on any atom is -0.447 e. The molecule has 1 aromatic carbocycles. The van der Waals surface area contributed by atoms with Crippen LogP contribution in [0.4, 0.5) is 4.39 Å². The Hall–Kier alpha value is -2.23. The van der Waals surface area contributed by atoms with Crippen LogP contribution in [0.3, 0.4) is 0 Å². The molecule has 1 aliphatic rings. The third-order valence-corrected chi connectivity index (χ3v) is 6.41. The summed E-state index contributed by atoms with van der Waals surface area (Å²) in [5, 5.41) is -0.0737. The summed E-state index contributed by atoms with van der Waals surface area (Å²) in [7, 11) is -0.674. The quantitative estimate of drug-likeness (QED) is 0.755. The van der Waals surface area contributed by atoms with Crippen molar-refractivity contribution in [1.29, 1.82) is 0 Å². The lowest BCUT2D eigenvalue weighted by Gasteiger charge is -2.21. The molecule has 0 saturated carbocycles. The lowest BCUT2D eigenvalue weighted by atomic mass is 10.2. The van der Waals surface area contributed by atoms with Crippen LogP contribution in [0.15, 0.2) is 45.9 Å². The van der Waals surface area contributed by atoms with Crippen molar-refractivity contribution in [2.75, 3.05) is 40.3 Å². The van der Waals surface area contributed by atoms with Crippen LogP contribution in [0, 0.1) is 5.82 Å². The van der Waals surface area contributed by atoms with Crippen LogP contribution >= 0.6 is 0 Å². The first kappa shape index (κ1) is 20.5. The van der Waals surface area contributed by atoms with Crippen LogP contribution in [-0.2, 0) is 16.6 Å². The van der Waals surface area contributed by atoms with E-state index in [0.717, 1.165) is 17.3 Å². The number of rotatable bonds is 5. The van der Waals surface area contributed by atoms with Crippen molar-refractivity contribution in [3.05, 3.63) is 53.5 Å². The second-order valence-electron chi connectivity index (χ2n) is 6.94. The maximum atomic E-state index is 13.1. The van der Waals surface area contributed by atoms with Gasteiger partial charge in [-0.05, 0) is 42.8 Å². The highest BCUT2D eigenvalue weighted by Gasteiger charge is 2.24. The van der Waals surface area contributed by atoms with Gasteiger partial charge < -0.3 is 9.32 Å². The summed E-state index contributed by atoms with van der Waals surface area (Å²) in [6.07, 6.45) is 0.788. The van der Waals surface area contributed by atoms with Crippen LogP contribution in [0.5, 0.6) is 0 Å². The number of amides is 1. The fourth-order valence-corrected chi connectivity index (χ4v) is 3.90. The molecular formula is C19H24FN3O4S. The van der Waals surface area contributed by atoms with E-state index in [1.165, 1.54) is 44.4 Å². The molecule has 152 valence electrons. The van der Waals surface area contributed by atoms with E-state index in [1.807, 2.05) is 0 Å². The summed E-state index contributed by atoms with van der Waals surface area (Å²) < 4.78 is 43.9. The van der Waals surface area contributed by atoms with E-state index in [4.69, 9.17) is 4.42 Å². The Bertz CT molecular complexity index is 925. The second kappa shape index (κ2) is 8.42. The van der Waals surface area contributed by atoms with Crippen molar-refractivity contribution in [3.8, 4) is 0 Å². The van der Waals surface area contributed by atoms with Gasteiger partial charge in [0.1, 0.15) is 11.6 Å². The van der Waals surface area contributed by atoms with Gasteiger partial charge in [0.05, 0.1) is 6.54 Å². The van der Waals surface area contributed by atoms with Gasteiger partial charge in [-0.3, -0.25) is 9.69 Å². The molecule has 0 radical (unpaired) electrons. The molecule has 0 atom stereocenters. The van der Waals surface area contributed by atoms with E-state index in [2.05, 4.69) is 4.90 Å². The first-order valence-electron chi connectivity index (χ1n) is 9.06. The minimum atomic E-state index is -3.59. The fraction of sp³-hybridized carbons (Fsp3) is 0.421. The smallest absolute Gasteiger partial charge is 0.275 e. The fourth-order valence-electron chi connectivity index (χ4n) is 3.09. The highest BCUT2D eigenvalue weighted by atomic mass is 32.2. The first-order chi connectivity index (χ1) is 13.3. The van der Waals surface area contributed by atoms with Gasteiger partial charge in [-0.1, -0.05) is 0 Å². The molecule has 2 heterocycles. The van der Waals surface area contributed by atoms with Gasteiger partial charge in [-0.25, -0.2) is 17.1 Å². The molecule has 9 heteroatoms. The Morgan fingerprint density at radius 1 is 1.07 bits per heavy atom. The van der Waals surface area contributed by atoms with Crippen molar-refractivity contribution in [2.45, 2.75) is 18.1 Å². The summed E-state index contributed by atoms with van der Waals surface area (Å²) in [5.41, 5.74) is 0.472. The largest absolute Gasteiger partial charge is 0.447 e. The van der Waals surface area contributed by atoms with Crippen LogP contribution in [0.1, 0.15) is 22.5 Å². The Morgan fingerprint density at radius 2 is 1.79 bits per heavy atom. The topological polar surface area (TPSA) is 74.1 Å². The molecule has 0 spiro atoms. The first-order valence-corrected chi connectivity index (χ1v) is 10.5. The zero-order chi connectivity index (χ0) is 20.3. The number of nitrogens with zero attached hydrogens (tertiary/aromatic N) is 3. The zero-order valence-corrected chi connectivity index (χ0v) is 16.8. The zero-order valence-electron chi connectivity index (χ0n) is 16.0. The van der Waals surface area contributed by atoms with Gasteiger partial charge in [-0.15, -0.1) is 0 Å². The second-order valence-corrected chi connectivity index (χ2v) is 9.02. The van der Waals surface area contributed by atoms with Crippen molar-refractivity contribution in [2.24, 2.45) is 0 Å². The third kappa shape index (κ3) is 4.60. The number of sulfonamides is 1. The average molecular weight is 409 g/mol. The van der Waals surface area contributed by atoms with E-state index in [0.29, 0.717) is 37.5 Å². The predicted octanol–water partition coefficient (Wildman–Crippen LogP) is 2.02.